The topological polar surface area (TPSA) is 68.0 Å². The summed E-state index contributed by atoms with van der Waals surface area (Å²) in [5.41, 5.74) is 6.73. The van der Waals surface area contributed by atoms with E-state index >= 15 is 0 Å². The van der Waals surface area contributed by atoms with Gasteiger partial charge in [-0.25, -0.2) is 0 Å². The van der Waals surface area contributed by atoms with Gasteiger partial charge in [0.05, 0.1) is 0 Å². The highest BCUT2D eigenvalue weighted by molar-refractivity contribution is 5.92. The summed E-state index contributed by atoms with van der Waals surface area (Å²) in [5, 5.41) is 2.95. The van der Waals surface area contributed by atoms with Gasteiger partial charge in [0, 0.05) is 30.0 Å². The van der Waals surface area contributed by atoms with Crippen molar-refractivity contribution in [3.05, 3.63) is 24.5 Å². The number of carbonyl (C=O) groups is 1. The maximum Gasteiger partial charge on any atom is 0.227 e. The Balaban J connectivity index is 0.00000180. The Bertz CT molecular complexity index is 389. The molecule has 5 heteroatoms. The van der Waals surface area contributed by atoms with Crippen molar-refractivity contribution in [1.29, 1.82) is 0 Å². The summed E-state index contributed by atoms with van der Waals surface area (Å²) >= 11 is 0. The number of halogens is 1. The summed E-state index contributed by atoms with van der Waals surface area (Å²) in [5.74, 6) is 0.840. The van der Waals surface area contributed by atoms with Crippen LogP contribution in [0, 0.1) is 11.8 Å². The number of pyridine rings is 1. The molecule has 1 aromatic rings. The van der Waals surface area contributed by atoms with Gasteiger partial charge in [0.2, 0.25) is 5.91 Å². The molecule has 106 valence electrons. The van der Waals surface area contributed by atoms with E-state index in [1.165, 1.54) is 0 Å². The summed E-state index contributed by atoms with van der Waals surface area (Å²) in [7, 11) is 0. The largest absolute Gasteiger partial charge is 0.328 e. The highest BCUT2D eigenvalue weighted by atomic mass is 35.5. The summed E-state index contributed by atoms with van der Waals surface area (Å²) in [6.45, 7) is 2.06. The number of nitrogens with zero attached hydrogens (tertiary/aromatic N) is 1. The Labute approximate surface area is 120 Å². The monoisotopic (exact) mass is 283 g/mol. The van der Waals surface area contributed by atoms with Crippen molar-refractivity contribution in [2.45, 2.75) is 38.6 Å². The SMILES string of the molecule is C[C@@H](N)[C@H]1CC[C@H](C(=O)Nc2ccncc2)CC1.Cl. The van der Waals surface area contributed by atoms with Crippen LogP contribution in [0.4, 0.5) is 5.69 Å². The van der Waals surface area contributed by atoms with Gasteiger partial charge in [-0.3, -0.25) is 9.78 Å². The van der Waals surface area contributed by atoms with E-state index in [4.69, 9.17) is 5.73 Å². The van der Waals surface area contributed by atoms with Crippen molar-refractivity contribution >= 4 is 24.0 Å². The highest BCUT2D eigenvalue weighted by Gasteiger charge is 2.27. The number of hydrogen-bond acceptors (Lipinski definition) is 3. The number of nitrogens with one attached hydrogen (secondary N) is 1. The first kappa shape index (κ1) is 15.9. The molecule has 1 amide bonds. The zero-order valence-corrected chi connectivity index (χ0v) is 12.0. The second-order valence-corrected chi connectivity index (χ2v) is 5.20. The van der Waals surface area contributed by atoms with Gasteiger partial charge >= 0.3 is 0 Å². The standard InChI is InChI=1S/C14H21N3O.ClH/c1-10(15)11-2-4-12(5-3-11)14(18)17-13-6-8-16-9-7-13;/h6-12H,2-5,15H2,1H3,(H,16,17,18);1H/t10-,11-,12-;/m1./s1. The molecule has 0 unspecified atom stereocenters. The maximum atomic E-state index is 12.1. The van der Waals surface area contributed by atoms with Gasteiger partial charge in [0.25, 0.3) is 0 Å². The number of carbonyl (C=O) groups excluding carboxylic acids is 1. The van der Waals surface area contributed by atoms with Crippen molar-refractivity contribution < 1.29 is 4.79 Å². The molecule has 3 N–H and O–H groups in total. The van der Waals surface area contributed by atoms with E-state index in [1.807, 2.05) is 12.1 Å². The molecule has 2 rings (SSSR count). The average Bonchev–Trinajstić information content (AvgIpc) is 2.40. The van der Waals surface area contributed by atoms with Gasteiger partial charge in [-0.05, 0) is 50.7 Å². The smallest absolute Gasteiger partial charge is 0.227 e. The first-order valence-corrected chi connectivity index (χ1v) is 6.63. The fourth-order valence-electron chi connectivity index (χ4n) is 2.59. The van der Waals surface area contributed by atoms with E-state index in [9.17, 15) is 4.79 Å². The lowest BCUT2D eigenvalue weighted by atomic mass is 9.79. The first-order chi connectivity index (χ1) is 8.66. The molecule has 0 saturated heterocycles. The van der Waals surface area contributed by atoms with E-state index < -0.39 is 0 Å². The van der Waals surface area contributed by atoms with Gasteiger partial charge in [0.1, 0.15) is 0 Å². The lowest BCUT2D eigenvalue weighted by Gasteiger charge is -2.29. The van der Waals surface area contributed by atoms with Crippen molar-refractivity contribution in [3.63, 3.8) is 0 Å². The predicted octanol–water partition coefficient (Wildman–Crippen LogP) is 2.60. The lowest BCUT2D eigenvalue weighted by Crippen LogP contribution is -2.33. The van der Waals surface area contributed by atoms with Crippen LogP contribution in [0.25, 0.3) is 0 Å². The predicted molar refractivity (Wildman–Crippen MR) is 79.2 cm³/mol. The molecular weight excluding hydrogens is 262 g/mol. The molecule has 1 aliphatic rings. The quantitative estimate of drug-likeness (QED) is 0.896. The van der Waals surface area contributed by atoms with Crippen molar-refractivity contribution in [2.75, 3.05) is 5.32 Å². The Morgan fingerprint density at radius 1 is 1.32 bits per heavy atom. The maximum absolute atomic E-state index is 12.1. The first-order valence-electron chi connectivity index (χ1n) is 6.63. The van der Waals surface area contributed by atoms with E-state index in [2.05, 4.69) is 17.2 Å². The third-order valence-electron chi connectivity index (χ3n) is 3.83. The van der Waals surface area contributed by atoms with Crippen LogP contribution in [0.3, 0.4) is 0 Å². The van der Waals surface area contributed by atoms with Crippen LogP contribution in [0.2, 0.25) is 0 Å². The molecule has 1 saturated carbocycles. The van der Waals surface area contributed by atoms with Crippen molar-refractivity contribution in [1.82, 2.24) is 4.98 Å². The summed E-state index contributed by atoms with van der Waals surface area (Å²) < 4.78 is 0. The molecule has 1 atom stereocenters. The highest BCUT2D eigenvalue weighted by Crippen LogP contribution is 2.30. The lowest BCUT2D eigenvalue weighted by molar-refractivity contribution is -0.121. The molecule has 1 fully saturated rings. The zero-order valence-electron chi connectivity index (χ0n) is 11.2. The van der Waals surface area contributed by atoms with Gasteiger partial charge < -0.3 is 11.1 Å². The Kier molecular flexibility index (Phi) is 6.25. The van der Waals surface area contributed by atoms with E-state index in [-0.39, 0.29) is 30.3 Å². The van der Waals surface area contributed by atoms with Gasteiger partial charge in [-0.1, -0.05) is 0 Å². The van der Waals surface area contributed by atoms with Gasteiger partial charge in [-0.15, -0.1) is 12.4 Å². The second-order valence-electron chi connectivity index (χ2n) is 5.20. The van der Waals surface area contributed by atoms with E-state index in [1.54, 1.807) is 12.4 Å². The minimum absolute atomic E-state index is 0. The van der Waals surface area contributed by atoms with E-state index in [0.717, 1.165) is 31.4 Å². The molecule has 1 aliphatic carbocycles. The molecule has 0 aliphatic heterocycles. The molecular formula is C14H22ClN3O. The van der Waals surface area contributed by atoms with Gasteiger partial charge in [0.15, 0.2) is 0 Å². The van der Waals surface area contributed by atoms with Crippen LogP contribution < -0.4 is 11.1 Å². The molecule has 4 nitrogen and oxygen atoms in total. The Morgan fingerprint density at radius 2 is 1.89 bits per heavy atom. The number of anilines is 1. The summed E-state index contributed by atoms with van der Waals surface area (Å²) in [4.78, 5) is 16.0. The minimum Gasteiger partial charge on any atom is -0.328 e. The third kappa shape index (κ3) is 4.48. The van der Waals surface area contributed by atoms with Gasteiger partial charge in [-0.2, -0.15) is 0 Å². The molecule has 0 aromatic carbocycles. The number of hydrogen-bond donors (Lipinski definition) is 2. The van der Waals surface area contributed by atoms with E-state index in [0.29, 0.717) is 5.92 Å². The Hall–Kier alpha value is -1.13. The summed E-state index contributed by atoms with van der Waals surface area (Å²) in [6.07, 6.45) is 7.38. The van der Waals surface area contributed by atoms with Crippen LogP contribution in [0.15, 0.2) is 24.5 Å². The zero-order chi connectivity index (χ0) is 13.0. The van der Waals surface area contributed by atoms with Crippen LogP contribution >= 0.6 is 12.4 Å². The molecule has 19 heavy (non-hydrogen) atoms. The second kappa shape index (κ2) is 7.46. The molecule has 0 spiro atoms. The minimum atomic E-state index is 0. The number of amides is 1. The van der Waals surface area contributed by atoms with Crippen molar-refractivity contribution in [3.8, 4) is 0 Å². The molecule has 0 bridgehead atoms. The van der Waals surface area contributed by atoms with Crippen LogP contribution in [0.1, 0.15) is 32.6 Å². The van der Waals surface area contributed by atoms with Crippen LogP contribution in [-0.4, -0.2) is 16.9 Å². The van der Waals surface area contributed by atoms with Crippen molar-refractivity contribution in [2.24, 2.45) is 17.6 Å². The third-order valence-corrected chi connectivity index (χ3v) is 3.83. The van der Waals surface area contributed by atoms with Crippen LogP contribution in [-0.2, 0) is 4.79 Å². The fraction of sp³-hybridized carbons (Fsp3) is 0.571. The normalized spacial score (nSPS) is 24.1. The van der Waals surface area contributed by atoms with Crippen LogP contribution in [0.5, 0.6) is 0 Å². The Morgan fingerprint density at radius 3 is 2.42 bits per heavy atom. The number of nitrogens with two attached hydrogens (primary N) is 1. The average molecular weight is 284 g/mol. The number of rotatable bonds is 3. The molecule has 0 radical (unpaired) electrons. The number of aromatic nitrogens is 1. The molecule has 1 aromatic heterocycles. The fourth-order valence-corrected chi connectivity index (χ4v) is 2.59. The molecule has 1 heterocycles. The summed E-state index contributed by atoms with van der Waals surface area (Å²) in [6, 6.07) is 3.87.